The normalized spacial score (nSPS) is 21.0. The van der Waals surface area contributed by atoms with Gasteiger partial charge in [-0.2, -0.15) is 18.4 Å². The van der Waals surface area contributed by atoms with Crippen LogP contribution in [0.5, 0.6) is 0 Å². The molecule has 1 N–H and O–H groups in total. The van der Waals surface area contributed by atoms with E-state index in [4.69, 9.17) is 5.11 Å². The van der Waals surface area contributed by atoms with Crippen LogP contribution in [0, 0.1) is 11.3 Å². The lowest BCUT2D eigenvalue weighted by molar-refractivity contribution is -0.137. The van der Waals surface area contributed by atoms with Crippen LogP contribution in [0.15, 0.2) is 18.2 Å². The topological polar surface area (TPSA) is 70.8 Å². The second-order valence-electron chi connectivity index (χ2n) is 7.06. The Morgan fingerprint density at radius 1 is 1.11 bits per heavy atom. The van der Waals surface area contributed by atoms with Crippen molar-refractivity contribution in [3.63, 3.8) is 0 Å². The molecule has 1 fully saturated rings. The number of amides is 1. The van der Waals surface area contributed by atoms with Gasteiger partial charge in [0.15, 0.2) is 0 Å². The molecule has 1 amide bonds. The van der Waals surface area contributed by atoms with Crippen LogP contribution in [-0.2, 0) is 6.18 Å². The number of hydrogen-bond donors (Lipinski definition) is 1. The van der Waals surface area contributed by atoms with Gasteiger partial charge in [0, 0.05) is 44.8 Å². The SMILES string of the molecule is N#CC1c2cccc(C(F)(F)F)c2C(=O)N1CCCN1CCN(CCO)CC1. The number of carbonyl (C=O) groups excluding carboxylic acids is 1. The molecule has 2 aliphatic rings. The molecule has 2 heterocycles. The lowest BCUT2D eigenvalue weighted by Crippen LogP contribution is -2.47. The number of β-amino-alcohol motifs (C(OH)–C–C–N with tert-alkyl or cyclic N) is 1. The van der Waals surface area contributed by atoms with Gasteiger partial charge in [0.2, 0.25) is 0 Å². The molecule has 28 heavy (non-hydrogen) atoms. The Kier molecular flexibility index (Phi) is 6.23. The summed E-state index contributed by atoms with van der Waals surface area (Å²) in [6.07, 6.45) is -4.05. The van der Waals surface area contributed by atoms with Gasteiger partial charge in [-0.3, -0.25) is 9.69 Å². The number of nitrogens with zero attached hydrogens (tertiary/aromatic N) is 4. The van der Waals surface area contributed by atoms with Crippen molar-refractivity contribution in [1.82, 2.24) is 14.7 Å². The number of benzene rings is 1. The standard InChI is InChI=1S/C19H23F3N4O2/c20-19(21,22)15-4-1-3-14-16(13-23)26(18(28)17(14)15)6-2-5-24-7-9-25(10-8-24)11-12-27/h1,3-4,16,27H,2,5-12H2. The van der Waals surface area contributed by atoms with E-state index in [2.05, 4.69) is 9.80 Å². The number of hydrogen-bond acceptors (Lipinski definition) is 5. The van der Waals surface area contributed by atoms with E-state index >= 15 is 0 Å². The molecule has 2 aliphatic heterocycles. The first-order valence-corrected chi connectivity index (χ1v) is 9.33. The molecule has 0 bridgehead atoms. The smallest absolute Gasteiger partial charge is 0.395 e. The minimum atomic E-state index is -4.63. The second kappa shape index (κ2) is 8.47. The van der Waals surface area contributed by atoms with E-state index in [1.165, 1.54) is 17.0 Å². The fourth-order valence-electron chi connectivity index (χ4n) is 3.91. The molecule has 1 saturated heterocycles. The van der Waals surface area contributed by atoms with E-state index in [1.54, 1.807) is 0 Å². The summed E-state index contributed by atoms with van der Waals surface area (Å²) in [5.41, 5.74) is -1.23. The van der Waals surface area contributed by atoms with Crippen LogP contribution >= 0.6 is 0 Å². The molecule has 152 valence electrons. The molecular weight excluding hydrogens is 373 g/mol. The number of alkyl halides is 3. The molecule has 1 aromatic carbocycles. The fraction of sp³-hybridized carbons (Fsp3) is 0.579. The van der Waals surface area contributed by atoms with E-state index in [0.29, 0.717) is 19.5 Å². The Labute approximate surface area is 161 Å². The van der Waals surface area contributed by atoms with Crippen molar-refractivity contribution >= 4 is 5.91 Å². The molecule has 0 spiro atoms. The summed E-state index contributed by atoms with van der Waals surface area (Å²) in [7, 11) is 0. The van der Waals surface area contributed by atoms with Crippen molar-refractivity contribution < 1.29 is 23.1 Å². The zero-order valence-electron chi connectivity index (χ0n) is 15.5. The molecular formula is C19H23F3N4O2. The average Bonchev–Trinajstić information content (AvgIpc) is 2.94. The van der Waals surface area contributed by atoms with Gasteiger partial charge in [-0.25, -0.2) is 0 Å². The molecule has 1 unspecified atom stereocenters. The minimum absolute atomic E-state index is 0.132. The number of aliphatic hydroxyl groups excluding tert-OH is 1. The van der Waals surface area contributed by atoms with Crippen LogP contribution in [0.3, 0.4) is 0 Å². The molecule has 3 rings (SSSR count). The van der Waals surface area contributed by atoms with Crippen LogP contribution in [0.25, 0.3) is 0 Å². The van der Waals surface area contributed by atoms with Crippen molar-refractivity contribution in [2.45, 2.75) is 18.6 Å². The number of nitriles is 1. The highest BCUT2D eigenvalue weighted by Gasteiger charge is 2.44. The highest BCUT2D eigenvalue weighted by molar-refractivity contribution is 6.01. The number of halogens is 3. The minimum Gasteiger partial charge on any atom is -0.395 e. The van der Waals surface area contributed by atoms with Crippen molar-refractivity contribution in [3.05, 3.63) is 34.9 Å². The highest BCUT2D eigenvalue weighted by Crippen LogP contribution is 2.41. The van der Waals surface area contributed by atoms with Gasteiger partial charge in [-0.05, 0) is 19.0 Å². The summed E-state index contributed by atoms with van der Waals surface area (Å²) in [6, 6.07) is 4.56. The molecule has 0 radical (unpaired) electrons. The Bertz CT molecular complexity index is 755. The first-order valence-electron chi connectivity index (χ1n) is 9.33. The maximum Gasteiger partial charge on any atom is 0.417 e. The molecule has 6 nitrogen and oxygen atoms in total. The number of piperazine rings is 1. The van der Waals surface area contributed by atoms with Crippen LogP contribution < -0.4 is 0 Å². The first-order chi connectivity index (χ1) is 13.4. The van der Waals surface area contributed by atoms with Gasteiger partial charge in [0.1, 0.15) is 6.04 Å². The summed E-state index contributed by atoms with van der Waals surface area (Å²) >= 11 is 0. The third-order valence-corrected chi connectivity index (χ3v) is 5.36. The third-order valence-electron chi connectivity index (χ3n) is 5.36. The van der Waals surface area contributed by atoms with Crippen LogP contribution in [-0.4, -0.2) is 78.1 Å². The van der Waals surface area contributed by atoms with Gasteiger partial charge >= 0.3 is 6.18 Å². The van der Waals surface area contributed by atoms with Crippen LogP contribution in [0.1, 0.15) is 33.9 Å². The van der Waals surface area contributed by atoms with E-state index in [9.17, 15) is 23.2 Å². The number of rotatable bonds is 6. The van der Waals surface area contributed by atoms with Gasteiger partial charge in [0.25, 0.3) is 5.91 Å². The van der Waals surface area contributed by atoms with Gasteiger partial charge in [-0.1, -0.05) is 12.1 Å². The van der Waals surface area contributed by atoms with E-state index in [1.807, 2.05) is 6.07 Å². The molecule has 0 aromatic heterocycles. The predicted molar refractivity (Wildman–Crippen MR) is 95.4 cm³/mol. The fourth-order valence-corrected chi connectivity index (χ4v) is 3.91. The molecule has 0 saturated carbocycles. The second-order valence-corrected chi connectivity index (χ2v) is 7.06. The van der Waals surface area contributed by atoms with Crippen LogP contribution in [0.2, 0.25) is 0 Å². The zero-order valence-corrected chi connectivity index (χ0v) is 15.5. The highest BCUT2D eigenvalue weighted by atomic mass is 19.4. The number of fused-ring (bicyclic) bond motifs is 1. The monoisotopic (exact) mass is 396 g/mol. The number of carbonyl (C=O) groups is 1. The number of aliphatic hydroxyl groups is 1. The Hall–Kier alpha value is -2.15. The van der Waals surface area contributed by atoms with Crippen molar-refractivity contribution in [2.24, 2.45) is 0 Å². The quantitative estimate of drug-likeness (QED) is 0.793. The lowest BCUT2D eigenvalue weighted by atomic mass is 10.00. The predicted octanol–water partition coefficient (Wildman–Crippen LogP) is 1.73. The zero-order chi connectivity index (χ0) is 20.3. The molecule has 1 atom stereocenters. The lowest BCUT2D eigenvalue weighted by Gasteiger charge is -2.34. The third kappa shape index (κ3) is 4.14. The van der Waals surface area contributed by atoms with Gasteiger partial charge in [-0.15, -0.1) is 0 Å². The first kappa shape index (κ1) is 20.6. The van der Waals surface area contributed by atoms with Gasteiger partial charge < -0.3 is 14.9 Å². The molecule has 1 aromatic rings. The van der Waals surface area contributed by atoms with E-state index < -0.39 is 23.7 Å². The van der Waals surface area contributed by atoms with Crippen molar-refractivity contribution in [3.8, 4) is 6.07 Å². The molecule has 0 aliphatic carbocycles. The summed E-state index contributed by atoms with van der Waals surface area (Å²) in [5.74, 6) is -0.720. The van der Waals surface area contributed by atoms with E-state index in [-0.39, 0.29) is 24.3 Å². The summed E-state index contributed by atoms with van der Waals surface area (Å²) in [6.45, 7) is 5.11. The Morgan fingerprint density at radius 3 is 2.32 bits per heavy atom. The maximum absolute atomic E-state index is 13.3. The van der Waals surface area contributed by atoms with Gasteiger partial charge in [0.05, 0.1) is 23.8 Å². The molecule has 9 heteroatoms. The largest absolute Gasteiger partial charge is 0.417 e. The summed E-state index contributed by atoms with van der Waals surface area (Å²) < 4.78 is 39.8. The van der Waals surface area contributed by atoms with E-state index in [0.717, 1.165) is 32.2 Å². The summed E-state index contributed by atoms with van der Waals surface area (Å²) in [4.78, 5) is 18.3. The summed E-state index contributed by atoms with van der Waals surface area (Å²) in [5, 5.41) is 18.4. The maximum atomic E-state index is 13.3. The van der Waals surface area contributed by atoms with Crippen LogP contribution in [0.4, 0.5) is 13.2 Å². The average molecular weight is 396 g/mol. The van der Waals surface area contributed by atoms with Crippen molar-refractivity contribution in [2.75, 3.05) is 52.4 Å². The Balaban J connectivity index is 1.62. The Morgan fingerprint density at radius 2 is 1.75 bits per heavy atom. The van der Waals surface area contributed by atoms with Crippen molar-refractivity contribution in [1.29, 1.82) is 5.26 Å².